The molecule has 0 saturated heterocycles. The molecule has 0 bridgehead atoms. The zero-order valence-electron chi connectivity index (χ0n) is 18.0. The van der Waals surface area contributed by atoms with Crippen LogP contribution >= 0.6 is 15.9 Å². The zero-order valence-corrected chi connectivity index (χ0v) is 19.6. The predicted molar refractivity (Wildman–Crippen MR) is 125 cm³/mol. The average Bonchev–Trinajstić information content (AvgIpc) is 3.01. The Kier molecular flexibility index (Phi) is 6.85. The molecule has 3 aromatic rings. The first kappa shape index (κ1) is 22.9. The number of carbonyl (C=O) groups is 1. The van der Waals surface area contributed by atoms with Crippen molar-refractivity contribution in [1.82, 2.24) is 9.36 Å². The highest BCUT2D eigenvalue weighted by molar-refractivity contribution is 9.10. The van der Waals surface area contributed by atoms with Crippen LogP contribution < -0.4 is 20.3 Å². The number of hydrogen-bond acceptors (Lipinski definition) is 5. The molecule has 0 spiro atoms. The molecule has 0 aliphatic heterocycles. The van der Waals surface area contributed by atoms with E-state index in [9.17, 15) is 14.9 Å². The molecule has 0 fully saturated rings. The van der Waals surface area contributed by atoms with Gasteiger partial charge < -0.3 is 14.8 Å². The summed E-state index contributed by atoms with van der Waals surface area (Å²) >= 11 is 3.41. The number of halogens is 1. The minimum atomic E-state index is -0.694. The Morgan fingerprint density at radius 2 is 1.78 bits per heavy atom. The van der Waals surface area contributed by atoms with Gasteiger partial charge in [0, 0.05) is 11.5 Å². The SMILES string of the molecule is COc1cc(Br)c(/C=C(/C#N)C(=O)Nc2c(C)n(C)n(-c3ccccc3)c2=O)cc1OC. The fourth-order valence-corrected chi connectivity index (χ4v) is 3.61. The molecule has 164 valence electrons. The number of rotatable bonds is 6. The number of para-hydroxylation sites is 1. The number of anilines is 1. The van der Waals surface area contributed by atoms with Crippen LogP contribution in [-0.4, -0.2) is 29.5 Å². The van der Waals surface area contributed by atoms with Crippen molar-refractivity contribution in [2.75, 3.05) is 19.5 Å². The molecule has 32 heavy (non-hydrogen) atoms. The molecule has 2 aromatic carbocycles. The highest BCUT2D eigenvalue weighted by Gasteiger charge is 2.20. The van der Waals surface area contributed by atoms with E-state index in [1.165, 1.54) is 25.0 Å². The van der Waals surface area contributed by atoms with Gasteiger partial charge in [-0.2, -0.15) is 5.26 Å². The Labute approximate surface area is 193 Å². The van der Waals surface area contributed by atoms with Gasteiger partial charge in [-0.25, -0.2) is 4.68 Å². The maximum Gasteiger partial charge on any atom is 0.295 e. The van der Waals surface area contributed by atoms with E-state index in [4.69, 9.17) is 9.47 Å². The maximum atomic E-state index is 13.0. The number of ether oxygens (including phenoxy) is 2. The summed E-state index contributed by atoms with van der Waals surface area (Å²) in [5.74, 6) is 0.255. The summed E-state index contributed by atoms with van der Waals surface area (Å²) in [7, 11) is 4.73. The van der Waals surface area contributed by atoms with E-state index in [0.29, 0.717) is 32.9 Å². The first-order valence-electron chi connectivity index (χ1n) is 9.51. The van der Waals surface area contributed by atoms with Crippen LogP contribution in [0.25, 0.3) is 11.8 Å². The fourth-order valence-electron chi connectivity index (χ4n) is 3.18. The minimum absolute atomic E-state index is 0.105. The van der Waals surface area contributed by atoms with Gasteiger partial charge in [0.1, 0.15) is 17.3 Å². The standard InChI is InChI=1S/C23H21BrN4O4/c1-14-21(23(30)28(27(14)2)17-8-6-5-7-9-17)26-22(29)16(13-25)10-15-11-19(31-3)20(32-4)12-18(15)24/h5-12H,1-4H3,(H,26,29)/b16-10-. The quantitative estimate of drug-likeness (QED) is 0.413. The second kappa shape index (κ2) is 9.58. The lowest BCUT2D eigenvalue weighted by molar-refractivity contribution is -0.112. The molecule has 0 unspecified atom stereocenters. The van der Waals surface area contributed by atoms with E-state index in [1.807, 2.05) is 24.3 Å². The van der Waals surface area contributed by atoms with E-state index in [1.54, 1.807) is 42.9 Å². The number of amides is 1. The van der Waals surface area contributed by atoms with Crippen LogP contribution in [0.15, 0.2) is 57.3 Å². The zero-order chi connectivity index (χ0) is 23.4. The molecule has 1 amide bonds. The fraction of sp³-hybridized carbons (Fsp3) is 0.174. The molecule has 8 nitrogen and oxygen atoms in total. The molecule has 1 heterocycles. The Hall–Kier alpha value is -3.77. The van der Waals surface area contributed by atoms with Crippen LogP contribution in [0, 0.1) is 18.3 Å². The lowest BCUT2D eigenvalue weighted by Gasteiger charge is -2.10. The topological polar surface area (TPSA) is 98.3 Å². The summed E-state index contributed by atoms with van der Waals surface area (Å²) in [6, 6.07) is 14.3. The maximum absolute atomic E-state index is 13.0. The third-order valence-electron chi connectivity index (χ3n) is 4.96. The number of benzene rings is 2. The van der Waals surface area contributed by atoms with Crippen molar-refractivity contribution in [1.29, 1.82) is 5.26 Å². The van der Waals surface area contributed by atoms with Gasteiger partial charge in [0.25, 0.3) is 11.5 Å². The van der Waals surface area contributed by atoms with Gasteiger partial charge in [0.2, 0.25) is 0 Å². The molecular weight excluding hydrogens is 476 g/mol. The van der Waals surface area contributed by atoms with Gasteiger partial charge in [-0.15, -0.1) is 0 Å². The number of carbonyl (C=O) groups excluding carboxylic acids is 1. The third kappa shape index (κ3) is 4.31. The van der Waals surface area contributed by atoms with Crippen molar-refractivity contribution in [2.24, 2.45) is 7.05 Å². The molecule has 0 radical (unpaired) electrons. The first-order valence-corrected chi connectivity index (χ1v) is 10.3. The number of nitriles is 1. The normalized spacial score (nSPS) is 11.1. The predicted octanol–water partition coefficient (Wildman–Crippen LogP) is 3.81. The summed E-state index contributed by atoms with van der Waals surface area (Å²) in [5, 5.41) is 12.2. The van der Waals surface area contributed by atoms with E-state index in [2.05, 4.69) is 21.2 Å². The Morgan fingerprint density at radius 1 is 1.16 bits per heavy atom. The average molecular weight is 497 g/mol. The Balaban J connectivity index is 1.99. The van der Waals surface area contributed by atoms with Crippen molar-refractivity contribution in [3.63, 3.8) is 0 Å². The largest absolute Gasteiger partial charge is 0.493 e. The van der Waals surface area contributed by atoms with Gasteiger partial charge in [-0.05, 0) is 42.8 Å². The molecule has 0 saturated carbocycles. The van der Waals surface area contributed by atoms with Crippen LogP contribution in [0.4, 0.5) is 5.69 Å². The lowest BCUT2D eigenvalue weighted by atomic mass is 10.1. The van der Waals surface area contributed by atoms with Crippen LogP contribution in [0.3, 0.4) is 0 Å². The Morgan fingerprint density at radius 3 is 2.38 bits per heavy atom. The minimum Gasteiger partial charge on any atom is -0.493 e. The van der Waals surface area contributed by atoms with Gasteiger partial charge >= 0.3 is 0 Å². The van der Waals surface area contributed by atoms with Crippen molar-refractivity contribution < 1.29 is 14.3 Å². The van der Waals surface area contributed by atoms with Crippen molar-refractivity contribution in [3.05, 3.63) is 74.1 Å². The van der Waals surface area contributed by atoms with Gasteiger partial charge in [0.05, 0.1) is 25.6 Å². The first-order chi connectivity index (χ1) is 15.3. The number of nitrogens with one attached hydrogen (secondary N) is 1. The van der Waals surface area contributed by atoms with Gasteiger partial charge in [-0.3, -0.25) is 14.3 Å². The van der Waals surface area contributed by atoms with E-state index in [-0.39, 0.29) is 11.3 Å². The van der Waals surface area contributed by atoms with Crippen LogP contribution in [0.5, 0.6) is 11.5 Å². The van der Waals surface area contributed by atoms with Crippen LogP contribution in [-0.2, 0) is 11.8 Å². The summed E-state index contributed by atoms with van der Waals surface area (Å²) in [4.78, 5) is 25.9. The molecule has 0 aliphatic rings. The van der Waals surface area contributed by atoms with Crippen molar-refractivity contribution in [3.8, 4) is 23.3 Å². The van der Waals surface area contributed by atoms with Gasteiger partial charge in [-0.1, -0.05) is 34.1 Å². The van der Waals surface area contributed by atoms with E-state index < -0.39 is 11.5 Å². The lowest BCUT2D eigenvalue weighted by Crippen LogP contribution is -2.23. The summed E-state index contributed by atoms with van der Waals surface area (Å²) in [5.41, 5.74) is 1.29. The van der Waals surface area contributed by atoms with Crippen molar-refractivity contribution >= 4 is 33.6 Å². The van der Waals surface area contributed by atoms with Crippen LogP contribution in [0.2, 0.25) is 0 Å². The second-order valence-corrected chi connectivity index (χ2v) is 7.64. The van der Waals surface area contributed by atoms with E-state index >= 15 is 0 Å². The second-order valence-electron chi connectivity index (χ2n) is 6.79. The molecule has 0 aliphatic carbocycles. The Bertz CT molecular complexity index is 1300. The highest BCUT2D eigenvalue weighted by atomic mass is 79.9. The van der Waals surface area contributed by atoms with Gasteiger partial charge in [0.15, 0.2) is 11.5 Å². The molecule has 9 heteroatoms. The van der Waals surface area contributed by atoms with Crippen molar-refractivity contribution in [2.45, 2.75) is 6.92 Å². The number of methoxy groups -OCH3 is 2. The highest BCUT2D eigenvalue weighted by Crippen LogP contribution is 2.34. The molecule has 0 atom stereocenters. The summed E-state index contributed by atoms with van der Waals surface area (Å²) in [6.45, 7) is 1.72. The smallest absolute Gasteiger partial charge is 0.295 e. The van der Waals surface area contributed by atoms with E-state index in [0.717, 1.165) is 0 Å². The summed E-state index contributed by atoms with van der Waals surface area (Å²) < 4.78 is 14.2. The molecule has 1 N–H and O–H groups in total. The third-order valence-corrected chi connectivity index (χ3v) is 5.65. The molecular formula is C23H21BrN4O4. The number of aromatic nitrogens is 2. The molecule has 3 rings (SSSR count). The summed E-state index contributed by atoms with van der Waals surface area (Å²) in [6.07, 6.45) is 1.41. The van der Waals surface area contributed by atoms with Crippen LogP contribution in [0.1, 0.15) is 11.3 Å². The number of hydrogen-bond donors (Lipinski definition) is 1. The number of nitrogens with zero attached hydrogens (tertiary/aromatic N) is 3. The monoisotopic (exact) mass is 496 g/mol. The molecule has 1 aromatic heterocycles.